The summed E-state index contributed by atoms with van der Waals surface area (Å²) >= 11 is 0. The van der Waals surface area contributed by atoms with E-state index in [2.05, 4.69) is 0 Å². The van der Waals surface area contributed by atoms with E-state index in [4.69, 9.17) is 9.62 Å². The van der Waals surface area contributed by atoms with Gasteiger partial charge < -0.3 is 4.42 Å². The van der Waals surface area contributed by atoms with Crippen molar-refractivity contribution in [2.75, 3.05) is 0 Å². The first kappa shape index (κ1) is 13.5. The molecule has 2 aromatic rings. The molecule has 0 spiro atoms. The first-order chi connectivity index (χ1) is 9.61. The van der Waals surface area contributed by atoms with E-state index in [0.717, 1.165) is 0 Å². The van der Waals surface area contributed by atoms with Crippen LogP contribution in [0.15, 0.2) is 40.8 Å². The van der Waals surface area contributed by atoms with E-state index in [9.17, 15) is 14.9 Å². The minimum atomic E-state index is -0.643. The van der Waals surface area contributed by atoms with Gasteiger partial charge in [0.25, 0.3) is 5.91 Å². The maximum Gasteiger partial charge on any atom is 0.433 e. The zero-order valence-electron chi connectivity index (χ0n) is 10.1. The van der Waals surface area contributed by atoms with Gasteiger partial charge in [0.1, 0.15) is 10.7 Å². The number of carbonyl (C=O) groups is 1. The molecule has 0 bridgehead atoms. The fourth-order valence-corrected chi connectivity index (χ4v) is 1.61. The van der Waals surface area contributed by atoms with Gasteiger partial charge in [0, 0.05) is 5.56 Å². The summed E-state index contributed by atoms with van der Waals surface area (Å²) in [6.45, 7) is 0. The lowest BCUT2D eigenvalue weighted by Gasteiger charge is -2.02. The van der Waals surface area contributed by atoms with Gasteiger partial charge in [-0.05, 0) is 23.8 Å². The third-order valence-electron chi connectivity index (χ3n) is 2.53. The first-order valence-electron chi connectivity index (χ1n) is 5.57. The molecule has 0 aliphatic carbocycles. The molecule has 0 saturated carbocycles. The molecule has 0 radical (unpaired) electrons. The second kappa shape index (κ2) is 5.81. The maximum absolute atomic E-state index is 11.4. The van der Waals surface area contributed by atoms with Crippen LogP contribution in [0.2, 0.25) is 0 Å². The lowest BCUT2D eigenvalue weighted by atomic mass is 10.1. The zero-order chi connectivity index (χ0) is 14.5. The standard InChI is InChI=1S/C13H10N2O5/c16-13(14-17)11-4-2-1-3-9(11)5-6-10-7-8-12(20-10)15(18)19/h1-8,17H,(H,14,16)/b6-5+. The molecule has 0 atom stereocenters. The highest BCUT2D eigenvalue weighted by atomic mass is 16.6. The molecule has 0 saturated heterocycles. The summed E-state index contributed by atoms with van der Waals surface area (Å²) in [5, 5.41) is 19.1. The van der Waals surface area contributed by atoms with Gasteiger partial charge in [0.05, 0.1) is 6.07 Å². The van der Waals surface area contributed by atoms with Gasteiger partial charge in [-0.25, -0.2) is 5.48 Å². The number of nitrogens with one attached hydrogen (secondary N) is 1. The van der Waals surface area contributed by atoms with Crippen LogP contribution in [-0.2, 0) is 0 Å². The highest BCUT2D eigenvalue weighted by molar-refractivity contribution is 5.97. The second-order valence-electron chi connectivity index (χ2n) is 3.79. The number of hydrogen-bond acceptors (Lipinski definition) is 5. The van der Waals surface area contributed by atoms with Crippen LogP contribution in [0.25, 0.3) is 12.2 Å². The number of rotatable bonds is 4. The van der Waals surface area contributed by atoms with Crippen LogP contribution in [-0.4, -0.2) is 16.0 Å². The molecule has 1 aromatic heterocycles. The van der Waals surface area contributed by atoms with E-state index >= 15 is 0 Å². The predicted octanol–water partition coefficient (Wildman–Crippen LogP) is 2.48. The Balaban J connectivity index is 2.27. The van der Waals surface area contributed by atoms with Gasteiger partial charge in [-0.3, -0.25) is 20.1 Å². The quantitative estimate of drug-likeness (QED) is 0.506. The molecule has 1 amide bonds. The molecular formula is C13H10N2O5. The van der Waals surface area contributed by atoms with Crippen molar-refractivity contribution in [2.24, 2.45) is 0 Å². The highest BCUT2D eigenvalue weighted by Gasteiger charge is 2.11. The molecule has 2 rings (SSSR count). The fraction of sp³-hybridized carbons (Fsp3) is 0. The van der Waals surface area contributed by atoms with Crippen LogP contribution in [0.4, 0.5) is 5.88 Å². The van der Waals surface area contributed by atoms with Crippen LogP contribution in [0.5, 0.6) is 0 Å². The number of carbonyl (C=O) groups excluding carboxylic acids is 1. The van der Waals surface area contributed by atoms with E-state index < -0.39 is 10.8 Å². The molecule has 0 aliphatic heterocycles. The summed E-state index contributed by atoms with van der Waals surface area (Å²) in [6, 6.07) is 9.27. The summed E-state index contributed by atoms with van der Waals surface area (Å²) in [5.74, 6) is -0.711. The van der Waals surface area contributed by atoms with E-state index in [1.807, 2.05) is 0 Å². The lowest BCUT2D eigenvalue weighted by molar-refractivity contribution is -0.402. The Hall–Kier alpha value is -2.93. The van der Waals surface area contributed by atoms with Crippen LogP contribution in [0.3, 0.4) is 0 Å². The molecule has 20 heavy (non-hydrogen) atoms. The van der Waals surface area contributed by atoms with Crippen LogP contribution in [0.1, 0.15) is 21.7 Å². The Kier molecular flexibility index (Phi) is 3.92. The third-order valence-corrected chi connectivity index (χ3v) is 2.53. The average molecular weight is 274 g/mol. The largest absolute Gasteiger partial charge is 0.433 e. The van der Waals surface area contributed by atoms with Crippen molar-refractivity contribution >= 4 is 23.9 Å². The molecule has 0 unspecified atom stereocenters. The molecule has 0 fully saturated rings. The number of furan rings is 1. The van der Waals surface area contributed by atoms with Crippen LogP contribution >= 0.6 is 0 Å². The average Bonchev–Trinajstić information content (AvgIpc) is 2.93. The van der Waals surface area contributed by atoms with E-state index in [0.29, 0.717) is 5.56 Å². The first-order valence-corrected chi connectivity index (χ1v) is 5.57. The summed E-state index contributed by atoms with van der Waals surface area (Å²) < 4.78 is 4.96. The van der Waals surface area contributed by atoms with Crippen molar-refractivity contribution < 1.29 is 19.3 Å². The summed E-state index contributed by atoms with van der Waals surface area (Å²) in [7, 11) is 0. The van der Waals surface area contributed by atoms with Gasteiger partial charge in [-0.15, -0.1) is 0 Å². The number of benzene rings is 1. The van der Waals surface area contributed by atoms with Gasteiger partial charge in [-0.2, -0.15) is 0 Å². The highest BCUT2D eigenvalue weighted by Crippen LogP contribution is 2.19. The van der Waals surface area contributed by atoms with E-state index in [1.165, 1.54) is 24.3 Å². The summed E-state index contributed by atoms with van der Waals surface area (Å²) in [5.41, 5.74) is 2.36. The molecule has 1 heterocycles. The monoisotopic (exact) mass is 274 g/mol. The normalized spacial score (nSPS) is 10.7. The summed E-state index contributed by atoms with van der Waals surface area (Å²) in [4.78, 5) is 21.3. The smallest absolute Gasteiger partial charge is 0.401 e. The van der Waals surface area contributed by atoms with E-state index in [-0.39, 0.29) is 17.2 Å². The Morgan fingerprint density at radius 3 is 2.65 bits per heavy atom. The minimum absolute atomic E-state index is 0.271. The van der Waals surface area contributed by atoms with Crippen molar-refractivity contribution in [2.45, 2.75) is 0 Å². The van der Waals surface area contributed by atoms with Gasteiger partial charge >= 0.3 is 5.88 Å². The SMILES string of the molecule is O=C(NO)c1ccccc1/C=C/c1ccc([N+](=O)[O-])o1. The molecule has 2 N–H and O–H groups in total. The van der Waals surface area contributed by atoms with Gasteiger partial charge in [0.15, 0.2) is 0 Å². The lowest BCUT2D eigenvalue weighted by Crippen LogP contribution is -2.19. The Morgan fingerprint density at radius 2 is 2.00 bits per heavy atom. The van der Waals surface area contributed by atoms with Gasteiger partial charge in [0.2, 0.25) is 0 Å². The predicted molar refractivity (Wildman–Crippen MR) is 70.0 cm³/mol. The van der Waals surface area contributed by atoms with E-state index in [1.54, 1.807) is 29.8 Å². The second-order valence-corrected chi connectivity index (χ2v) is 3.79. The minimum Gasteiger partial charge on any atom is -0.401 e. The molecule has 1 aromatic carbocycles. The molecule has 7 nitrogen and oxygen atoms in total. The van der Waals surface area contributed by atoms with Gasteiger partial charge in [-0.1, -0.05) is 24.3 Å². The number of hydrogen-bond donors (Lipinski definition) is 2. The zero-order valence-corrected chi connectivity index (χ0v) is 10.1. The van der Waals surface area contributed by atoms with Crippen LogP contribution in [0, 0.1) is 10.1 Å². The molecule has 7 heteroatoms. The Labute approximate surface area is 113 Å². The van der Waals surface area contributed by atoms with Crippen molar-refractivity contribution in [3.8, 4) is 0 Å². The molecular weight excluding hydrogens is 264 g/mol. The summed E-state index contributed by atoms with van der Waals surface area (Å²) in [6.07, 6.45) is 3.06. The maximum atomic E-state index is 11.4. The Morgan fingerprint density at radius 1 is 1.25 bits per heavy atom. The number of nitro groups is 1. The number of nitrogens with zero attached hydrogens (tertiary/aromatic N) is 1. The Bertz CT molecular complexity index is 675. The van der Waals surface area contributed by atoms with Crippen LogP contribution < -0.4 is 5.48 Å². The van der Waals surface area contributed by atoms with Crippen molar-refractivity contribution in [3.63, 3.8) is 0 Å². The van der Waals surface area contributed by atoms with Crippen molar-refractivity contribution in [1.82, 2.24) is 5.48 Å². The molecule has 0 aliphatic rings. The molecule has 102 valence electrons. The third kappa shape index (κ3) is 2.90. The topological polar surface area (TPSA) is 106 Å². The van der Waals surface area contributed by atoms with Crippen molar-refractivity contribution in [3.05, 3.63) is 63.4 Å². The fourth-order valence-electron chi connectivity index (χ4n) is 1.61. The van der Waals surface area contributed by atoms with Crippen molar-refractivity contribution in [1.29, 1.82) is 0 Å². The number of amides is 1. The number of hydroxylamine groups is 1.